The monoisotopic (exact) mass is 468 g/mol. The number of carbonyl (C=O) groups is 1. The van der Waals surface area contributed by atoms with Crippen molar-refractivity contribution >= 4 is 27.7 Å². The lowest BCUT2D eigenvalue weighted by Crippen LogP contribution is -2.47. The number of rotatable bonds is 9. The van der Waals surface area contributed by atoms with Crippen molar-refractivity contribution in [1.29, 1.82) is 0 Å². The molecule has 31 heavy (non-hydrogen) atoms. The number of nitrogens with one attached hydrogen (secondary N) is 2. The van der Waals surface area contributed by atoms with E-state index in [0.717, 1.165) is 11.6 Å². The average Bonchev–Trinajstić information content (AvgIpc) is 2.76. The van der Waals surface area contributed by atoms with Crippen molar-refractivity contribution in [2.45, 2.75) is 30.3 Å². The molecule has 2 atom stereocenters. The van der Waals surface area contributed by atoms with E-state index in [4.69, 9.17) is 9.47 Å². The van der Waals surface area contributed by atoms with Crippen LogP contribution in [0.5, 0.6) is 11.5 Å². The summed E-state index contributed by atoms with van der Waals surface area (Å²) in [4.78, 5) is 12.4. The first-order valence-electron chi connectivity index (χ1n) is 9.77. The predicted octanol–water partition coefficient (Wildman–Crippen LogP) is 2.87. The summed E-state index contributed by atoms with van der Waals surface area (Å²) in [7, 11) is -4.21. The van der Waals surface area contributed by atoms with Crippen LogP contribution in [0.15, 0.2) is 47.4 Å². The molecular weight excluding hydrogens is 443 g/mol. The quantitative estimate of drug-likeness (QED) is 0.588. The minimum atomic E-state index is -4.21. The molecule has 3 rings (SSSR count). The summed E-state index contributed by atoms with van der Waals surface area (Å²) in [6.45, 7) is 2.73. The molecule has 2 N–H and O–H groups in total. The maximum absolute atomic E-state index is 14.0. The highest BCUT2D eigenvalue weighted by atomic mass is 32.2. The van der Waals surface area contributed by atoms with Gasteiger partial charge in [0.25, 0.3) is 0 Å². The Balaban J connectivity index is 1.74. The molecular formula is C21H25FN2O5S2. The number of amides is 1. The number of benzene rings is 2. The predicted molar refractivity (Wildman–Crippen MR) is 117 cm³/mol. The SMILES string of the molecule is CSCC[C@H](NS(=O)(=O)c1ccccc1F)C(=O)N[C@H](C)c1ccc2c(c1)OCCO2. The highest BCUT2D eigenvalue weighted by Gasteiger charge is 2.28. The number of ether oxygens (including phenoxy) is 2. The Morgan fingerprint density at radius 3 is 2.58 bits per heavy atom. The largest absolute Gasteiger partial charge is 0.486 e. The van der Waals surface area contributed by atoms with Gasteiger partial charge in [-0.3, -0.25) is 4.79 Å². The minimum absolute atomic E-state index is 0.258. The van der Waals surface area contributed by atoms with E-state index in [9.17, 15) is 17.6 Å². The van der Waals surface area contributed by atoms with E-state index in [2.05, 4.69) is 10.0 Å². The minimum Gasteiger partial charge on any atom is -0.486 e. The van der Waals surface area contributed by atoms with Crippen LogP contribution < -0.4 is 19.5 Å². The molecule has 1 aliphatic rings. The van der Waals surface area contributed by atoms with Crippen LogP contribution >= 0.6 is 11.8 Å². The van der Waals surface area contributed by atoms with Crippen LogP contribution in [0.3, 0.4) is 0 Å². The smallest absolute Gasteiger partial charge is 0.244 e. The van der Waals surface area contributed by atoms with Gasteiger partial charge in [0.15, 0.2) is 11.5 Å². The van der Waals surface area contributed by atoms with Gasteiger partial charge in [-0.15, -0.1) is 0 Å². The number of fused-ring (bicyclic) bond motifs is 1. The number of sulfonamides is 1. The van der Waals surface area contributed by atoms with Gasteiger partial charge < -0.3 is 14.8 Å². The van der Waals surface area contributed by atoms with E-state index < -0.39 is 38.7 Å². The van der Waals surface area contributed by atoms with E-state index in [1.807, 2.05) is 12.3 Å². The summed E-state index contributed by atoms with van der Waals surface area (Å²) in [6.07, 6.45) is 2.12. The fraction of sp³-hybridized carbons (Fsp3) is 0.381. The molecule has 0 unspecified atom stereocenters. The van der Waals surface area contributed by atoms with Crippen molar-refractivity contribution in [3.8, 4) is 11.5 Å². The van der Waals surface area contributed by atoms with Crippen LogP contribution in [0.4, 0.5) is 4.39 Å². The van der Waals surface area contributed by atoms with Crippen LogP contribution in [0.1, 0.15) is 24.9 Å². The Bertz CT molecular complexity index is 1030. The van der Waals surface area contributed by atoms with Crippen LogP contribution in [0.2, 0.25) is 0 Å². The van der Waals surface area contributed by atoms with E-state index in [-0.39, 0.29) is 6.42 Å². The molecule has 0 aliphatic carbocycles. The number of hydrogen-bond donors (Lipinski definition) is 2. The zero-order chi connectivity index (χ0) is 22.4. The number of carbonyl (C=O) groups excluding carboxylic acids is 1. The molecule has 0 radical (unpaired) electrons. The Labute approximate surface area is 185 Å². The zero-order valence-corrected chi connectivity index (χ0v) is 18.9. The van der Waals surface area contributed by atoms with E-state index in [1.165, 1.54) is 30.0 Å². The van der Waals surface area contributed by atoms with Crippen molar-refractivity contribution in [3.05, 3.63) is 53.8 Å². The Kier molecular flexibility index (Phi) is 7.79. The fourth-order valence-corrected chi connectivity index (χ4v) is 4.90. The second kappa shape index (κ2) is 10.3. The molecule has 10 heteroatoms. The van der Waals surface area contributed by atoms with Crippen molar-refractivity contribution in [2.24, 2.45) is 0 Å². The second-order valence-corrected chi connectivity index (χ2v) is 9.69. The molecule has 0 saturated carbocycles. The van der Waals surface area contributed by atoms with Crippen molar-refractivity contribution in [1.82, 2.24) is 10.0 Å². The number of thioether (sulfide) groups is 1. The summed E-state index contributed by atoms with van der Waals surface area (Å²) in [5.74, 6) is 0.434. The summed E-state index contributed by atoms with van der Waals surface area (Å²) < 4.78 is 52.8. The van der Waals surface area contributed by atoms with Crippen molar-refractivity contribution in [3.63, 3.8) is 0 Å². The van der Waals surface area contributed by atoms with Crippen LogP contribution in [0, 0.1) is 5.82 Å². The normalized spacial score (nSPS) is 15.2. The molecule has 1 heterocycles. The van der Waals surface area contributed by atoms with Crippen molar-refractivity contribution in [2.75, 3.05) is 25.2 Å². The molecule has 2 aromatic rings. The first kappa shape index (κ1) is 23.4. The van der Waals surface area contributed by atoms with Gasteiger partial charge in [0.1, 0.15) is 30.0 Å². The van der Waals surface area contributed by atoms with Gasteiger partial charge in [0.05, 0.1) is 6.04 Å². The van der Waals surface area contributed by atoms with E-state index in [0.29, 0.717) is 30.5 Å². The van der Waals surface area contributed by atoms with Gasteiger partial charge in [0, 0.05) is 0 Å². The molecule has 0 aromatic heterocycles. The zero-order valence-electron chi connectivity index (χ0n) is 17.3. The molecule has 2 aromatic carbocycles. The van der Waals surface area contributed by atoms with Crippen LogP contribution in [-0.2, 0) is 14.8 Å². The van der Waals surface area contributed by atoms with E-state index in [1.54, 1.807) is 19.1 Å². The molecule has 0 fully saturated rings. The molecule has 1 aliphatic heterocycles. The summed E-state index contributed by atoms with van der Waals surface area (Å²) in [5, 5.41) is 2.84. The average molecular weight is 469 g/mol. The standard InChI is InChI=1S/C21H25FN2O5S2/c1-14(15-7-8-18-19(13-15)29-11-10-28-18)23-21(25)17(9-12-30-2)24-31(26,27)20-6-4-3-5-16(20)22/h3-8,13-14,17,24H,9-12H2,1-2H3,(H,23,25)/t14-,17+/m1/s1. The van der Waals surface area contributed by atoms with Gasteiger partial charge in [0.2, 0.25) is 15.9 Å². The third-order valence-corrected chi connectivity index (χ3v) is 6.92. The number of halogens is 1. The lowest BCUT2D eigenvalue weighted by Gasteiger charge is -2.23. The molecule has 0 bridgehead atoms. The molecule has 0 saturated heterocycles. The molecule has 7 nitrogen and oxygen atoms in total. The van der Waals surface area contributed by atoms with Gasteiger partial charge in [-0.2, -0.15) is 16.5 Å². The van der Waals surface area contributed by atoms with Crippen LogP contribution in [-0.4, -0.2) is 45.6 Å². The summed E-state index contributed by atoms with van der Waals surface area (Å²) >= 11 is 1.48. The molecule has 1 amide bonds. The maximum atomic E-state index is 14.0. The molecule has 0 spiro atoms. The first-order chi connectivity index (χ1) is 14.8. The van der Waals surface area contributed by atoms with Gasteiger partial charge in [-0.05, 0) is 55.2 Å². The van der Waals surface area contributed by atoms with Gasteiger partial charge >= 0.3 is 0 Å². The van der Waals surface area contributed by atoms with Crippen molar-refractivity contribution < 1.29 is 27.1 Å². The summed E-state index contributed by atoms with van der Waals surface area (Å²) in [5.41, 5.74) is 0.790. The molecule has 168 valence electrons. The van der Waals surface area contributed by atoms with Crippen LogP contribution in [0.25, 0.3) is 0 Å². The van der Waals surface area contributed by atoms with Gasteiger partial charge in [-0.25, -0.2) is 12.8 Å². The summed E-state index contributed by atoms with van der Waals surface area (Å²) in [6, 6.07) is 9.00. The Hall–Kier alpha value is -2.30. The lowest BCUT2D eigenvalue weighted by molar-refractivity contribution is -0.123. The third-order valence-electron chi connectivity index (χ3n) is 4.78. The Morgan fingerprint density at radius 1 is 1.16 bits per heavy atom. The topological polar surface area (TPSA) is 93.7 Å². The highest BCUT2D eigenvalue weighted by molar-refractivity contribution is 7.98. The van der Waals surface area contributed by atoms with E-state index >= 15 is 0 Å². The first-order valence-corrected chi connectivity index (χ1v) is 12.6. The Morgan fingerprint density at radius 2 is 1.87 bits per heavy atom. The second-order valence-electron chi connectivity index (χ2n) is 7.02. The number of hydrogen-bond acceptors (Lipinski definition) is 6. The fourth-order valence-electron chi connectivity index (χ4n) is 3.12. The van der Waals surface area contributed by atoms with Gasteiger partial charge in [-0.1, -0.05) is 18.2 Å². The lowest BCUT2D eigenvalue weighted by atomic mass is 10.1. The third kappa shape index (κ3) is 5.90. The highest BCUT2D eigenvalue weighted by Crippen LogP contribution is 2.32. The maximum Gasteiger partial charge on any atom is 0.244 e.